The molecule has 0 atom stereocenters. The maximum absolute atomic E-state index is 12.4. The lowest BCUT2D eigenvalue weighted by Crippen LogP contribution is -2.43. The zero-order chi connectivity index (χ0) is 15.6. The normalized spacial score (nSPS) is 15.4. The van der Waals surface area contributed by atoms with Crippen LogP contribution in [0.3, 0.4) is 0 Å². The molecule has 1 aromatic rings. The van der Waals surface area contributed by atoms with Gasteiger partial charge in [0.05, 0.1) is 13.2 Å². The van der Waals surface area contributed by atoms with Crippen molar-refractivity contribution in [3.8, 4) is 0 Å². The highest BCUT2D eigenvalue weighted by Gasteiger charge is 2.53. The Hall–Kier alpha value is -0.880. The second-order valence-electron chi connectivity index (χ2n) is 4.91. The van der Waals surface area contributed by atoms with Gasteiger partial charge in [0, 0.05) is 8.95 Å². The first-order valence-corrected chi connectivity index (χ1v) is 8.34. The summed E-state index contributed by atoms with van der Waals surface area (Å²) < 4.78 is 12.0. The molecule has 4 nitrogen and oxygen atoms in total. The molecule has 0 bridgehead atoms. The van der Waals surface area contributed by atoms with Crippen LogP contribution < -0.4 is 0 Å². The summed E-state index contributed by atoms with van der Waals surface area (Å²) in [4.78, 5) is 24.8. The molecule has 114 valence electrons. The number of esters is 2. The van der Waals surface area contributed by atoms with Gasteiger partial charge in [-0.05, 0) is 81.8 Å². The molecule has 1 aromatic carbocycles. The standard InChI is InChI=1S/C15H16Br2O4/c1-3-20-13(18)15(14(19)21-4-2)7-9-5-11(16)12(17)6-10(9)8-15/h5-6H,3-4,7-8H2,1-2H3. The molecular weight excluding hydrogens is 404 g/mol. The fourth-order valence-electron chi connectivity index (χ4n) is 2.58. The van der Waals surface area contributed by atoms with Gasteiger partial charge in [0.25, 0.3) is 0 Å². The predicted octanol–water partition coefficient (Wildman–Crippen LogP) is 3.42. The first-order valence-electron chi connectivity index (χ1n) is 6.75. The van der Waals surface area contributed by atoms with Gasteiger partial charge in [0.2, 0.25) is 0 Å². The first-order chi connectivity index (χ1) is 9.94. The summed E-state index contributed by atoms with van der Waals surface area (Å²) in [6.45, 7) is 3.94. The Morgan fingerprint density at radius 3 is 1.71 bits per heavy atom. The van der Waals surface area contributed by atoms with E-state index in [1.807, 2.05) is 12.1 Å². The molecule has 0 amide bonds. The highest BCUT2D eigenvalue weighted by molar-refractivity contribution is 9.13. The van der Waals surface area contributed by atoms with E-state index in [-0.39, 0.29) is 13.2 Å². The molecule has 2 rings (SSSR count). The first kappa shape index (κ1) is 16.5. The zero-order valence-electron chi connectivity index (χ0n) is 11.9. The van der Waals surface area contributed by atoms with E-state index in [1.165, 1.54) is 0 Å². The van der Waals surface area contributed by atoms with E-state index in [4.69, 9.17) is 9.47 Å². The van der Waals surface area contributed by atoms with Gasteiger partial charge < -0.3 is 9.47 Å². The molecule has 1 aliphatic carbocycles. The Kier molecular flexibility index (Phi) is 5.09. The van der Waals surface area contributed by atoms with E-state index in [0.717, 1.165) is 20.1 Å². The maximum Gasteiger partial charge on any atom is 0.324 e. The Balaban J connectivity index is 2.41. The van der Waals surface area contributed by atoms with Gasteiger partial charge in [-0.1, -0.05) is 0 Å². The molecule has 0 N–H and O–H groups in total. The number of fused-ring (bicyclic) bond motifs is 1. The topological polar surface area (TPSA) is 52.6 Å². The van der Waals surface area contributed by atoms with Crippen LogP contribution >= 0.6 is 31.9 Å². The van der Waals surface area contributed by atoms with E-state index in [2.05, 4.69) is 31.9 Å². The summed E-state index contributed by atoms with van der Waals surface area (Å²) in [6.07, 6.45) is 0.623. The van der Waals surface area contributed by atoms with Gasteiger partial charge in [-0.15, -0.1) is 0 Å². The molecule has 6 heteroatoms. The minimum Gasteiger partial charge on any atom is -0.465 e. The van der Waals surface area contributed by atoms with Crippen LogP contribution in [-0.4, -0.2) is 25.2 Å². The van der Waals surface area contributed by atoms with Gasteiger partial charge in [0.1, 0.15) is 0 Å². The monoisotopic (exact) mass is 418 g/mol. The third-order valence-electron chi connectivity index (χ3n) is 3.56. The maximum atomic E-state index is 12.4. The average molecular weight is 420 g/mol. The van der Waals surface area contributed by atoms with E-state index in [0.29, 0.717) is 12.8 Å². The third-order valence-corrected chi connectivity index (χ3v) is 5.40. The highest BCUT2D eigenvalue weighted by Crippen LogP contribution is 2.42. The van der Waals surface area contributed by atoms with Crippen molar-refractivity contribution in [3.63, 3.8) is 0 Å². The Labute approximate surface area is 140 Å². The lowest BCUT2D eigenvalue weighted by Gasteiger charge is -2.23. The number of halogens is 2. The van der Waals surface area contributed by atoms with Crippen molar-refractivity contribution < 1.29 is 19.1 Å². The Morgan fingerprint density at radius 1 is 1.00 bits per heavy atom. The summed E-state index contributed by atoms with van der Waals surface area (Å²) in [7, 11) is 0. The fourth-order valence-corrected chi connectivity index (χ4v) is 3.36. The van der Waals surface area contributed by atoms with Crippen LogP contribution in [0.4, 0.5) is 0 Å². The average Bonchev–Trinajstić information content (AvgIpc) is 2.80. The van der Waals surface area contributed by atoms with Crippen LogP contribution in [0, 0.1) is 5.41 Å². The van der Waals surface area contributed by atoms with Crippen LogP contribution in [0.15, 0.2) is 21.1 Å². The fraction of sp³-hybridized carbons (Fsp3) is 0.467. The number of ether oxygens (including phenoxy) is 2. The van der Waals surface area contributed by atoms with Gasteiger partial charge in [-0.25, -0.2) is 0 Å². The van der Waals surface area contributed by atoms with E-state index in [9.17, 15) is 9.59 Å². The number of carbonyl (C=O) groups excluding carboxylic acids is 2. The highest BCUT2D eigenvalue weighted by atomic mass is 79.9. The Morgan fingerprint density at radius 2 is 1.38 bits per heavy atom. The van der Waals surface area contributed by atoms with Gasteiger partial charge in [-0.3, -0.25) is 9.59 Å². The van der Waals surface area contributed by atoms with E-state index < -0.39 is 17.4 Å². The zero-order valence-corrected chi connectivity index (χ0v) is 15.0. The van der Waals surface area contributed by atoms with Crippen LogP contribution in [0.1, 0.15) is 25.0 Å². The van der Waals surface area contributed by atoms with Crippen molar-refractivity contribution in [1.29, 1.82) is 0 Å². The van der Waals surface area contributed by atoms with Crippen LogP contribution in [0.5, 0.6) is 0 Å². The van der Waals surface area contributed by atoms with Crippen molar-refractivity contribution in [2.45, 2.75) is 26.7 Å². The number of hydrogen-bond acceptors (Lipinski definition) is 4. The third kappa shape index (κ3) is 3.01. The van der Waals surface area contributed by atoms with Crippen LogP contribution in [-0.2, 0) is 31.9 Å². The Bertz CT molecular complexity index is 532. The lowest BCUT2D eigenvalue weighted by atomic mass is 9.85. The number of hydrogen-bond donors (Lipinski definition) is 0. The van der Waals surface area contributed by atoms with Crippen LogP contribution in [0.2, 0.25) is 0 Å². The second kappa shape index (κ2) is 6.48. The molecule has 0 radical (unpaired) electrons. The summed E-state index contributed by atoms with van der Waals surface area (Å²) in [5.41, 5.74) is 0.673. The van der Waals surface area contributed by atoms with Crippen molar-refractivity contribution in [3.05, 3.63) is 32.2 Å². The molecule has 0 aliphatic heterocycles. The second-order valence-corrected chi connectivity index (χ2v) is 6.62. The molecular formula is C15H16Br2O4. The minimum absolute atomic E-state index is 0.240. The number of benzene rings is 1. The van der Waals surface area contributed by atoms with Crippen molar-refractivity contribution in [2.24, 2.45) is 5.41 Å². The summed E-state index contributed by atoms with van der Waals surface area (Å²) in [5.74, 6) is -1.02. The van der Waals surface area contributed by atoms with Crippen molar-refractivity contribution in [1.82, 2.24) is 0 Å². The molecule has 0 saturated carbocycles. The molecule has 0 heterocycles. The van der Waals surface area contributed by atoms with Gasteiger partial charge in [0.15, 0.2) is 5.41 Å². The van der Waals surface area contributed by atoms with Crippen molar-refractivity contribution >= 4 is 43.8 Å². The smallest absolute Gasteiger partial charge is 0.324 e. The predicted molar refractivity (Wildman–Crippen MR) is 84.9 cm³/mol. The largest absolute Gasteiger partial charge is 0.465 e. The minimum atomic E-state index is -1.26. The molecule has 21 heavy (non-hydrogen) atoms. The quantitative estimate of drug-likeness (QED) is 0.554. The van der Waals surface area contributed by atoms with Gasteiger partial charge in [-0.2, -0.15) is 0 Å². The van der Waals surface area contributed by atoms with E-state index in [1.54, 1.807) is 13.8 Å². The summed E-state index contributed by atoms with van der Waals surface area (Å²) in [5, 5.41) is 0. The summed E-state index contributed by atoms with van der Waals surface area (Å²) in [6, 6.07) is 3.86. The number of rotatable bonds is 4. The molecule has 1 aliphatic rings. The molecule has 0 spiro atoms. The molecule has 0 aromatic heterocycles. The number of carbonyl (C=O) groups is 2. The van der Waals surface area contributed by atoms with Crippen LogP contribution in [0.25, 0.3) is 0 Å². The lowest BCUT2D eigenvalue weighted by molar-refractivity contribution is -0.171. The van der Waals surface area contributed by atoms with Gasteiger partial charge >= 0.3 is 11.9 Å². The molecule has 0 fully saturated rings. The summed E-state index contributed by atoms with van der Waals surface area (Å²) >= 11 is 6.89. The van der Waals surface area contributed by atoms with E-state index >= 15 is 0 Å². The molecule has 0 saturated heterocycles. The molecule has 0 unspecified atom stereocenters. The SMILES string of the molecule is CCOC(=O)C1(C(=O)OCC)Cc2cc(Br)c(Br)cc2C1. The van der Waals surface area contributed by atoms with Crippen molar-refractivity contribution in [2.75, 3.05) is 13.2 Å².